The van der Waals surface area contributed by atoms with Gasteiger partial charge in [-0.05, 0) is 85.8 Å². The Morgan fingerprint density at radius 3 is 0.877 bits per heavy atom. The van der Waals surface area contributed by atoms with E-state index in [-0.39, 0.29) is 0 Å². The highest BCUT2D eigenvalue weighted by molar-refractivity contribution is 8.65. The van der Waals surface area contributed by atoms with E-state index in [9.17, 15) is 9.79 Å². The summed E-state index contributed by atoms with van der Waals surface area (Å²) in [6, 6.07) is 13.7. The van der Waals surface area contributed by atoms with E-state index in [0.29, 0.717) is 0 Å². The van der Waals surface area contributed by atoms with Crippen LogP contribution < -0.4 is 0 Å². The number of thiol groups is 1. The lowest BCUT2D eigenvalue weighted by Crippen LogP contribution is -2.08. The van der Waals surface area contributed by atoms with Crippen molar-refractivity contribution in [2.45, 2.75) is 269 Å². The van der Waals surface area contributed by atoms with Crippen LogP contribution in [0.5, 0.6) is 0 Å². The zero-order valence-electron chi connectivity index (χ0n) is 38.1. The minimum absolute atomic E-state index is 0.879. The van der Waals surface area contributed by atoms with Crippen LogP contribution in [0, 0.1) is 0 Å². The Labute approximate surface area is 363 Å². The number of hydrogen-bond donors (Lipinski definition) is 3. The predicted octanol–water partition coefficient (Wildman–Crippen LogP) is 18.0. The molecule has 0 radical (unpaired) electrons. The molecular formula is C52H93O2PS2. The molecule has 0 spiro atoms. The van der Waals surface area contributed by atoms with Gasteiger partial charge in [-0.2, -0.15) is 0 Å². The number of aryl methyl sites for hydroxylation is 2. The van der Waals surface area contributed by atoms with Gasteiger partial charge in [0.15, 0.2) is 0 Å². The molecule has 0 aliphatic carbocycles. The second-order valence-corrected chi connectivity index (χ2v) is 25.1. The van der Waals surface area contributed by atoms with E-state index in [1.54, 1.807) is 0 Å². The van der Waals surface area contributed by atoms with Crippen LogP contribution in [-0.2, 0) is 35.8 Å². The zero-order chi connectivity index (χ0) is 41.2. The van der Waals surface area contributed by atoms with Crippen LogP contribution in [0.15, 0.2) is 46.2 Å². The maximum absolute atomic E-state index is 11.9. The summed E-state index contributed by atoms with van der Waals surface area (Å²) in [5.41, 5.74) is 2.14. The average molecular weight is 845 g/mol. The van der Waals surface area contributed by atoms with Gasteiger partial charge in [0.25, 0.3) is 0 Å². The fraction of sp³-hybridized carbons (Fsp3) is 0.769. The molecule has 0 aliphatic heterocycles. The summed E-state index contributed by atoms with van der Waals surface area (Å²) in [6.07, 6.45) is 46.3. The van der Waals surface area contributed by atoms with Crippen molar-refractivity contribution in [1.82, 2.24) is 0 Å². The van der Waals surface area contributed by atoms with Crippen molar-refractivity contribution in [3.05, 3.63) is 58.7 Å². The van der Waals surface area contributed by atoms with Crippen molar-refractivity contribution < 1.29 is 9.79 Å². The molecule has 0 unspecified atom stereocenters. The van der Waals surface area contributed by atoms with Crippen molar-refractivity contribution in [3.63, 3.8) is 0 Å². The van der Waals surface area contributed by atoms with E-state index in [1.807, 2.05) is 0 Å². The summed E-state index contributed by atoms with van der Waals surface area (Å²) in [5, 5.41) is 0. The van der Waals surface area contributed by atoms with Gasteiger partial charge in [-0.15, -0.1) is 0 Å². The molecule has 5 heteroatoms. The molecule has 0 amide bonds. The molecule has 57 heavy (non-hydrogen) atoms. The van der Waals surface area contributed by atoms with Gasteiger partial charge in [0.2, 0.25) is 5.69 Å². The zero-order valence-corrected chi connectivity index (χ0v) is 40.7. The van der Waals surface area contributed by atoms with E-state index in [4.69, 9.17) is 12.2 Å². The third kappa shape index (κ3) is 23.9. The Bertz CT molecular complexity index is 1220. The topological polar surface area (TPSA) is 40.5 Å². The van der Waals surface area contributed by atoms with Crippen molar-refractivity contribution in [1.29, 1.82) is 0 Å². The predicted molar refractivity (Wildman–Crippen MR) is 262 cm³/mol. The highest BCUT2D eigenvalue weighted by Crippen LogP contribution is 2.53. The molecule has 2 nitrogen and oxygen atoms in total. The third-order valence-corrected chi connectivity index (χ3v) is 18.5. The molecule has 0 saturated carbocycles. The van der Waals surface area contributed by atoms with Crippen molar-refractivity contribution in [3.8, 4) is 0 Å². The van der Waals surface area contributed by atoms with E-state index in [0.717, 1.165) is 25.7 Å². The first-order valence-corrected chi connectivity index (χ1v) is 29.6. The molecule has 330 valence electrons. The molecule has 0 bridgehead atoms. The average Bonchev–Trinajstić information content (AvgIpc) is 3.19. The van der Waals surface area contributed by atoms with Gasteiger partial charge in [-0.3, -0.25) is 0 Å². The molecule has 0 aromatic heterocycles. The lowest BCUT2D eigenvalue weighted by molar-refractivity contribution is 0.502. The molecule has 0 aliphatic rings. The number of hydrogen-bond acceptors (Lipinski definition) is 0. The summed E-state index contributed by atoms with van der Waals surface area (Å²) in [6.45, 7) is 9.18. The van der Waals surface area contributed by atoms with Gasteiger partial charge in [-0.1, -0.05) is 254 Å². The van der Waals surface area contributed by atoms with E-state index in [2.05, 4.69) is 64.1 Å². The number of rotatable bonds is 38. The third-order valence-electron chi connectivity index (χ3n) is 12.3. The molecule has 0 saturated heterocycles. The van der Waals surface area contributed by atoms with Crippen LogP contribution in [-0.4, -0.2) is 9.79 Å². The van der Waals surface area contributed by atoms with Crippen molar-refractivity contribution in [2.75, 3.05) is 0 Å². The van der Waals surface area contributed by atoms with Gasteiger partial charge in [0.05, 0.1) is 0 Å². The second-order valence-electron chi connectivity index (χ2n) is 17.5. The Balaban J connectivity index is 2.41. The Morgan fingerprint density at radius 1 is 0.368 bits per heavy atom. The summed E-state index contributed by atoms with van der Waals surface area (Å²) >= 11 is 4.77. The molecular weight excluding hydrogens is 752 g/mol. The molecule has 2 aromatic rings. The Hall–Kier alpha value is -0.510. The second kappa shape index (κ2) is 35.1. The van der Waals surface area contributed by atoms with Crippen LogP contribution in [0.2, 0.25) is 0 Å². The first-order valence-electron chi connectivity index (χ1n) is 24.9. The summed E-state index contributed by atoms with van der Waals surface area (Å²) in [7, 11) is -0.879. The van der Waals surface area contributed by atoms with Gasteiger partial charge >= 0.3 is 0 Å². The van der Waals surface area contributed by atoms with Crippen LogP contribution in [0.3, 0.4) is 0 Å². The van der Waals surface area contributed by atoms with E-state index >= 15 is 0 Å². The van der Waals surface area contributed by atoms with Gasteiger partial charge in [0.1, 0.15) is 0 Å². The quantitative estimate of drug-likeness (QED) is 0.0358. The molecule has 0 atom stereocenters. The van der Waals surface area contributed by atoms with E-state index < -0.39 is 15.8 Å². The Morgan fingerprint density at radius 2 is 0.614 bits per heavy atom. The van der Waals surface area contributed by atoms with Gasteiger partial charge in [-0.25, -0.2) is 0 Å². The first kappa shape index (κ1) is 52.6. The maximum atomic E-state index is 11.9. The van der Waals surface area contributed by atoms with Gasteiger partial charge in [0, 0.05) is 9.79 Å². The monoisotopic (exact) mass is 845 g/mol. The highest BCUT2D eigenvalue weighted by atomic mass is 32.9. The molecule has 0 fully saturated rings. The van der Waals surface area contributed by atoms with Crippen LogP contribution in [0.25, 0.3) is 0 Å². The minimum atomic E-state index is -3.56. The first-order chi connectivity index (χ1) is 27.9. The fourth-order valence-electron chi connectivity index (χ4n) is 8.77. The van der Waals surface area contributed by atoms with Gasteiger partial charge < -0.3 is 9.79 Å². The number of benzene rings is 2. The normalized spacial score (nSPS) is 12.0. The lowest BCUT2D eigenvalue weighted by atomic mass is 9.96. The maximum Gasteiger partial charge on any atom is 0.207 e. The largest absolute Gasteiger partial charge is 0.341 e. The molecule has 2 N–H and O–H groups in total. The minimum Gasteiger partial charge on any atom is -0.341 e. The molecule has 2 aromatic carbocycles. The summed E-state index contributed by atoms with van der Waals surface area (Å²) in [5.74, 6) is 0. The summed E-state index contributed by atoms with van der Waals surface area (Å²) < 4.78 is 0. The van der Waals surface area contributed by atoms with Crippen LogP contribution in [0.4, 0.5) is 0 Å². The Kier molecular flexibility index (Phi) is 32.4. The van der Waals surface area contributed by atoms with Crippen molar-refractivity contribution in [2.24, 2.45) is 0 Å². The lowest BCUT2D eigenvalue weighted by Gasteiger charge is -2.25. The standard InChI is InChI=1S/C52H93O2PS2/c1-5-9-13-17-21-25-29-33-39-47-41-37-45-51(49(47)43-35-31-27-23-19-15-11-7-3)57(55(53,54)56)52-46-38-42-48(40-34-30-26-22-18-14-10-6-2)50(52)44-36-32-28-24-20-16-12-8-4/h37-38,41-42,45-46,53-54,56H,5-36,39-40,43-44H2,1-4H3. The molecule has 0 heterocycles. The highest BCUT2D eigenvalue weighted by Gasteiger charge is 2.24. The van der Waals surface area contributed by atoms with Crippen LogP contribution in [0.1, 0.15) is 255 Å². The fourth-order valence-corrected chi connectivity index (χ4v) is 15.1. The number of unbranched alkanes of at least 4 members (excludes halogenated alkanes) is 28. The van der Waals surface area contributed by atoms with E-state index in [1.165, 1.54) is 238 Å². The van der Waals surface area contributed by atoms with Crippen LogP contribution >= 0.6 is 17.9 Å². The molecule has 2 rings (SSSR count). The smallest absolute Gasteiger partial charge is 0.207 e. The SMILES string of the molecule is CCCCCCCCCCc1cccc(S(c2cccc(CCCCCCCCCC)c2CCCCCCCCCC)=P(O)(O)S)c1CCCCCCCCCC. The summed E-state index contributed by atoms with van der Waals surface area (Å²) in [4.78, 5) is 26.0. The van der Waals surface area contributed by atoms with Crippen molar-refractivity contribution >= 4 is 28.0 Å².